The third-order valence-corrected chi connectivity index (χ3v) is 5.27. The third-order valence-electron chi connectivity index (χ3n) is 4.47. The van der Waals surface area contributed by atoms with E-state index in [4.69, 9.17) is 5.73 Å². The summed E-state index contributed by atoms with van der Waals surface area (Å²) in [6.07, 6.45) is 17.8. The van der Waals surface area contributed by atoms with Crippen molar-refractivity contribution in [1.29, 1.82) is 0 Å². The van der Waals surface area contributed by atoms with Crippen molar-refractivity contribution in [3.63, 3.8) is 0 Å². The van der Waals surface area contributed by atoms with Crippen LogP contribution in [0.5, 0.6) is 0 Å². The van der Waals surface area contributed by atoms with Crippen molar-refractivity contribution in [2.24, 2.45) is 10.7 Å². The van der Waals surface area contributed by atoms with E-state index in [0.717, 1.165) is 40.8 Å². The Morgan fingerprint density at radius 2 is 1.97 bits per heavy atom. The third kappa shape index (κ3) is 16.9. The van der Waals surface area contributed by atoms with Crippen LogP contribution in [-0.4, -0.2) is 42.3 Å². The summed E-state index contributed by atoms with van der Waals surface area (Å²) < 4.78 is 31.1. The normalized spacial score (nSPS) is 13.4. The number of alkyl halides is 3. The Morgan fingerprint density at radius 3 is 2.61 bits per heavy atom. The second-order valence-corrected chi connectivity index (χ2v) is 8.19. The van der Waals surface area contributed by atoms with E-state index in [9.17, 15) is 13.2 Å². The lowest BCUT2D eigenvalue weighted by Crippen LogP contribution is -2.01. The summed E-state index contributed by atoms with van der Waals surface area (Å²) in [4.78, 5) is 13.3. The molecule has 0 saturated carbocycles. The van der Waals surface area contributed by atoms with Crippen LogP contribution in [0.2, 0.25) is 0 Å². The van der Waals surface area contributed by atoms with Gasteiger partial charge in [-0.2, -0.15) is 13.2 Å². The fourth-order valence-electron chi connectivity index (χ4n) is 2.95. The molecule has 9 heteroatoms. The minimum atomic E-state index is -4.00. The molecule has 3 N–H and O–H groups in total. The van der Waals surface area contributed by atoms with E-state index < -0.39 is 6.18 Å². The van der Waals surface area contributed by atoms with Crippen LogP contribution < -0.4 is 11.1 Å². The number of rotatable bonds is 7. The molecule has 0 atom stereocenters. The smallest absolute Gasteiger partial charge is 0.352 e. The molecule has 1 aliphatic rings. The maximum Gasteiger partial charge on any atom is 0.386 e. The van der Waals surface area contributed by atoms with Crippen molar-refractivity contribution >= 4 is 33.9 Å². The number of thioether (sulfide) groups is 1. The molecule has 1 aromatic carbocycles. The van der Waals surface area contributed by atoms with Crippen molar-refractivity contribution in [3.05, 3.63) is 66.3 Å². The van der Waals surface area contributed by atoms with Gasteiger partial charge in [0.25, 0.3) is 0 Å². The van der Waals surface area contributed by atoms with Crippen LogP contribution in [0.25, 0.3) is 15.8 Å². The van der Waals surface area contributed by atoms with E-state index in [1.54, 1.807) is 37.0 Å². The van der Waals surface area contributed by atoms with Gasteiger partial charge in [0.1, 0.15) is 6.33 Å². The number of hydrogen-bond acceptors (Lipinski definition) is 5. The first-order valence-electron chi connectivity index (χ1n) is 12.0. The first-order chi connectivity index (χ1) is 17.3. The predicted molar refractivity (Wildman–Crippen MR) is 151 cm³/mol. The summed E-state index contributed by atoms with van der Waals surface area (Å²) in [6.45, 7) is 5.01. The van der Waals surface area contributed by atoms with Crippen molar-refractivity contribution in [1.82, 2.24) is 15.3 Å². The fraction of sp³-hybridized carbons (Fsp3) is 0.444. The SMILES string of the molecule is CC.CC(F)(F)F.CN=CN/C=C(\SC)c1ccc2cncnc2c1.NCCCC1=CCC=CCC1. The molecule has 1 aliphatic carbocycles. The average molecular weight is 524 g/mol. The van der Waals surface area contributed by atoms with Crippen LogP contribution in [0, 0.1) is 0 Å². The summed E-state index contributed by atoms with van der Waals surface area (Å²) in [5, 5.41) is 4.07. The second-order valence-electron chi connectivity index (χ2n) is 7.34. The Labute approximate surface area is 218 Å². The number of nitrogens with zero attached hydrogens (tertiary/aromatic N) is 3. The maximum atomic E-state index is 10.4. The molecular weight excluding hydrogens is 483 g/mol. The van der Waals surface area contributed by atoms with Gasteiger partial charge in [0, 0.05) is 36.7 Å². The Balaban J connectivity index is 0.000000579. The van der Waals surface area contributed by atoms with Crippen LogP contribution in [0.15, 0.2) is 65.7 Å². The lowest BCUT2D eigenvalue weighted by atomic mass is 10.1. The molecule has 0 amide bonds. The van der Waals surface area contributed by atoms with Gasteiger partial charge in [-0.3, -0.25) is 4.99 Å². The molecule has 1 aromatic heterocycles. The largest absolute Gasteiger partial charge is 0.386 e. The fourth-order valence-corrected chi connectivity index (χ4v) is 3.50. The van der Waals surface area contributed by atoms with Gasteiger partial charge in [0.2, 0.25) is 0 Å². The van der Waals surface area contributed by atoms with Crippen LogP contribution in [0.3, 0.4) is 0 Å². The number of fused-ring (bicyclic) bond motifs is 1. The van der Waals surface area contributed by atoms with E-state index in [1.807, 2.05) is 38.6 Å². The number of hydrogen-bond donors (Lipinski definition) is 2. The van der Waals surface area contributed by atoms with Gasteiger partial charge in [-0.1, -0.05) is 49.8 Å². The van der Waals surface area contributed by atoms with Crippen LogP contribution in [0.1, 0.15) is 58.4 Å². The monoisotopic (exact) mass is 523 g/mol. The van der Waals surface area contributed by atoms with E-state index in [0.29, 0.717) is 0 Å². The van der Waals surface area contributed by atoms with Gasteiger partial charge >= 0.3 is 6.18 Å². The Hall–Kier alpha value is -2.65. The summed E-state index contributed by atoms with van der Waals surface area (Å²) in [5.74, 6) is 0. The Morgan fingerprint density at radius 1 is 1.25 bits per heavy atom. The molecule has 2 aromatic rings. The van der Waals surface area contributed by atoms with E-state index in [1.165, 1.54) is 19.3 Å². The summed E-state index contributed by atoms with van der Waals surface area (Å²) in [5.41, 5.74) is 9.12. The zero-order valence-electron chi connectivity index (χ0n) is 22.0. The lowest BCUT2D eigenvalue weighted by molar-refractivity contribution is -0.110. The minimum Gasteiger partial charge on any atom is -0.352 e. The number of nitrogens with two attached hydrogens (primary N) is 1. The van der Waals surface area contributed by atoms with Gasteiger partial charge in [-0.05, 0) is 56.5 Å². The number of aliphatic imine (C=N–C) groups is 1. The minimum absolute atomic E-state index is 0.188. The van der Waals surface area contributed by atoms with Crippen LogP contribution in [0.4, 0.5) is 13.2 Å². The van der Waals surface area contributed by atoms with Gasteiger partial charge in [-0.25, -0.2) is 9.97 Å². The molecule has 200 valence electrons. The van der Waals surface area contributed by atoms with Gasteiger partial charge in [-0.15, -0.1) is 11.8 Å². The lowest BCUT2D eigenvalue weighted by Gasteiger charge is -2.05. The topological polar surface area (TPSA) is 76.2 Å². The number of nitrogens with one attached hydrogen (secondary N) is 1. The van der Waals surface area contributed by atoms with Gasteiger partial charge in [0.15, 0.2) is 0 Å². The standard InChI is InChI=1S/C13H14N4S.C10H17N.C2H3F3.C2H6/c1-14-8-16-7-13(18-2)10-3-4-11-6-15-9-17-12(11)5-10;11-9-5-8-10-6-3-1-2-4-7-10;1-2(3,4)5;1-2/h3-9H,1-2H3,(H,14,16);1-2,6H,3-5,7-9,11H2;1H3;1-2H3/b13-7-;;;. The molecule has 0 bridgehead atoms. The van der Waals surface area contributed by atoms with Crippen molar-refractivity contribution in [3.8, 4) is 0 Å². The highest BCUT2D eigenvalue weighted by molar-refractivity contribution is 8.07. The number of aromatic nitrogens is 2. The van der Waals surface area contributed by atoms with Gasteiger partial charge < -0.3 is 11.1 Å². The summed E-state index contributed by atoms with van der Waals surface area (Å²) in [7, 11) is 1.73. The van der Waals surface area contributed by atoms with E-state index in [-0.39, 0.29) is 6.92 Å². The van der Waals surface area contributed by atoms with Crippen molar-refractivity contribution in [2.75, 3.05) is 19.8 Å². The molecule has 0 unspecified atom stereocenters. The van der Waals surface area contributed by atoms with E-state index >= 15 is 0 Å². The molecule has 0 aliphatic heterocycles. The zero-order valence-corrected chi connectivity index (χ0v) is 22.8. The number of benzene rings is 1. The van der Waals surface area contributed by atoms with Crippen LogP contribution in [-0.2, 0) is 0 Å². The average Bonchev–Trinajstić information content (AvgIpc) is 3.15. The molecule has 0 radical (unpaired) electrons. The molecular formula is C27H40F3N5S. The van der Waals surface area contributed by atoms with Crippen molar-refractivity contribution < 1.29 is 13.2 Å². The molecule has 0 fully saturated rings. The highest BCUT2D eigenvalue weighted by Crippen LogP contribution is 2.26. The quantitative estimate of drug-likeness (QED) is 0.223. The molecule has 1 heterocycles. The summed E-state index contributed by atoms with van der Waals surface area (Å²) >= 11 is 1.68. The first kappa shape index (κ1) is 33.4. The van der Waals surface area contributed by atoms with Crippen molar-refractivity contribution in [2.45, 2.75) is 59.1 Å². The number of allylic oxidation sites excluding steroid dienone is 4. The second kappa shape index (κ2) is 20.5. The Bertz CT molecular complexity index is 963. The van der Waals surface area contributed by atoms with E-state index in [2.05, 4.69) is 50.6 Å². The number of halogens is 3. The first-order valence-corrected chi connectivity index (χ1v) is 13.2. The highest BCUT2D eigenvalue weighted by atomic mass is 32.2. The highest BCUT2D eigenvalue weighted by Gasteiger charge is 2.15. The molecule has 3 rings (SSSR count). The van der Waals surface area contributed by atoms with Crippen LogP contribution >= 0.6 is 11.8 Å². The zero-order chi connectivity index (χ0) is 27.2. The molecule has 5 nitrogen and oxygen atoms in total. The van der Waals surface area contributed by atoms with Gasteiger partial charge in [0.05, 0.1) is 11.9 Å². The molecule has 36 heavy (non-hydrogen) atoms. The summed E-state index contributed by atoms with van der Waals surface area (Å²) in [6, 6.07) is 6.16. The predicted octanol–water partition coefficient (Wildman–Crippen LogP) is 7.53. The maximum absolute atomic E-state index is 10.4. The Kier molecular flexibility index (Phi) is 19.0. The molecule has 0 spiro atoms. The molecule has 0 saturated heterocycles.